The first-order valence-corrected chi connectivity index (χ1v) is 14.0. The second-order valence-electron chi connectivity index (χ2n) is 11.0. The predicted octanol–water partition coefficient (Wildman–Crippen LogP) is 8.11. The summed E-state index contributed by atoms with van der Waals surface area (Å²) in [5, 5.41) is 10.7. The summed E-state index contributed by atoms with van der Waals surface area (Å²) < 4.78 is 4.79. The highest BCUT2D eigenvalue weighted by Crippen LogP contribution is 2.41. The number of carbonyl (C=O) groups is 1. The Labute approximate surface area is 228 Å². The molecule has 1 saturated carbocycles. The number of esters is 1. The summed E-state index contributed by atoms with van der Waals surface area (Å²) in [4.78, 5) is 11.6. The van der Waals surface area contributed by atoms with E-state index in [2.05, 4.69) is 82.3 Å². The van der Waals surface area contributed by atoms with Gasteiger partial charge in [-0.3, -0.25) is 4.79 Å². The van der Waals surface area contributed by atoms with Gasteiger partial charge in [0.25, 0.3) is 0 Å². The fourth-order valence-corrected chi connectivity index (χ4v) is 6.12. The van der Waals surface area contributed by atoms with Crippen LogP contribution < -0.4 is 0 Å². The largest absolute Gasteiger partial charge is 0.469 e. The van der Waals surface area contributed by atoms with Crippen LogP contribution in [0.2, 0.25) is 0 Å². The SMILES string of the molecule is CCC(CC)(c1ccc(/C=C/C2(O)CCCC2)c(C)c1)c1ccc(-c2ccc(CC(=O)OC)cc2)c(C)c1. The number of methoxy groups -OCH3 is 1. The van der Waals surface area contributed by atoms with Crippen LogP contribution in [-0.4, -0.2) is 23.8 Å². The molecule has 1 N–H and O–H groups in total. The van der Waals surface area contributed by atoms with Gasteiger partial charge in [0.05, 0.1) is 19.1 Å². The maximum Gasteiger partial charge on any atom is 0.309 e. The first-order valence-electron chi connectivity index (χ1n) is 14.0. The van der Waals surface area contributed by atoms with Gasteiger partial charge >= 0.3 is 5.97 Å². The first kappa shape index (κ1) is 27.9. The van der Waals surface area contributed by atoms with Crippen molar-refractivity contribution in [2.75, 3.05) is 7.11 Å². The van der Waals surface area contributed by atoms with Crippen LogP contribution in [0.1, 0.15) is 85.8 Å². The molecule has 1 aliphatic rings. The van der Waals surface area contributed by atoms with E-state index in [9.17, 15) is 9.90 Å². The molecule has 0 atom stereocenters. The minimum atomic E-state index is -0.636. The summed E-state index contributed by atoms with van der Waals surface area (Å²) in [6, 6.07) is 21.9. The van der Waals surface area contributed by atoms with Gasteiger partial charge in [-0.15, -0.1) is 0 Å². The van der Waals surface area contributed by atoms with Crippen LogP contribution in [0.15, 0.2) is 66.7 Å². The van der Waals surface area contributed by atoms with E-state index in [1.54, 1.807) is 0 Å². The fourth-order valence-electron chi connectivity index (χ4n) is 6.12. The molecule has 0 bridgehead atoms. The van der Waals surface area contributed by atoms with Crippen LogP contribution in [0.5, 0.6) is 0 Å². The van der Waals surface area contributed by atoms with Crippen molar-refractivity contribution in [1.82, 2.24) is 0 Å². The van der Waals surface area contributed by atoms with Crippen molar-refractivity contribution in [3.05, 3.63) is 100 Å². The highest BCUT2D eigenvalue weighted by molar-refractivity contribution is 5.73. The molecule has 0 amide bonds. The predicted molar refractivity (Wildman–Crippen MR) is 157 cm³/mol. The van der Waals surface area contributed by atoms with Gasteiger partial charge in [-0.05, 0) is 84.0 Å². The quantitative estimate of drug-likeness (QED) is 0.296. The van der Waals surface area contributed by atoms with Crippen molar-refractivity contribution in [1.29, 1.82) is 0 Å². The summed E-state index contributed by atoms with van der Waals surface area (Å²) >= 11 is 0. The van der Waals surface area contributed by atoms with E-state index in [0.717, 1.165) is 49.7 Å². The minimum absolute atomic E-state index is 0.0652. The third-order valence-electron chi connectivity index (χ3n) is 8.69. The number of hydrogen-bond acceptors (Lipinski definition) is 3. The van der Waals surface area contributed by atoms with Crippen LogP contribution in [-0.2, 0) is 21.4 Å². The van der Waals surface area contributed by atoms with Crippen molar-refractivity contribution in [2.45, 2.75) is 83.7 Å². The first-order chi connectivity index (χ1) is 18.2. The zero-order chi connectivity index (χ0) is 27.3. The van der Waals surface area contributed by atoms with E-state index in [0.29, 0.717) is 6.42 Å². The maximum atomic E-state index is 11.6. The van der Waals surface area contributed by atoms with Crippen LogP contribution >= 0.6 is 0 Å². The van der Waals surface area contributed by atoms with E-state index in [1.807, 2.05) is 18.2 Å². The Morgan fingerprint density at radius 3 is 2.08 bits per heavy atom. The molecule has 0 radical (unpaired) electrons. The molecule has 0 spiro atoms. The number of aliphatic hydroxyl groups is 1. The molecular formula is C35H42O3. The third kappa shape index (κ3) is 5.78. The molecule has 3 aromatic rings. The van der Waals surface area contributed by atoms with E-state index < -0.39 is 5.60 Å². The summed E-state index contributed by atoms with van der Waals surface area (Å²) in [6.07, 6.45) is 10.4. The zero-order valence-electron chi connectivity index (χ0n) is 23.6. The summed E-state index contributed by atoms with van der Waals surface area (Å²) in [5.41, 5.74) is 8.97. The average molecular weight is 511 g/mol. The van der Waals surface area contributed by atoms with Crippen molar-refractivity contribution < 1.29 is 14.6 Å². The highest BCUT2D eigenvalue weighted by atomic mass is 16.5. The molecule has 0 aliphatic heterocycles. The van der Waals surface area contributed by atoms with E-state index in [1.165, 1.54) is 40.5 Å². The van der Waals surface area contributed by atoms with Crippen LogP contribution in [0.3, 0.4) is 0 Å². The van der Waals surface area contributed by atoms with Gasteiger partial charge in [-0.2, -0.15) is 0 Å². The topological polar surface area (TPSA) is 46.5 Å². The standard InChI is InChI=1S/C35H42O3/c1-6-35(7-2,30-15-14-28(25(3)22-30)18-21-34(37)19-8-9-20-34)31-16-17-32(26(4)23-31)29-12-10-27(11-13-29)24-33(36)38-5/h10-18,21-23,37H,6-9,19-20,24H2,1-5H3/b21-18+. The smallest absolute Gasteiger partial charge is 0.309 e. The highest BCUT2D eigenvalue weighted by Gasteiger charge is 2.32. The lowest BCUT2D eigenvalue weighted by atomic mass is 9.69. The summed E-state index contributed by atoms with van der Waals surface area (Å²) in [5.74, 6) is -0.223. The van der Waals surface area contributed by atoms with E-state index in [-0.39, 0.29) is 11.4 Å². The van der Waals surface area contributed by atoms with E-state index >= 15 is 0 Å². The second kappa shape index (κ2) is 11.7. The van der Waals surface area contributed by atoms with Gasteiger partial charge in [0.1, 0.15) is 0 Å². The molecule has 3 heteroatoms. The van der Waals surface area contributed by atoms with Crippen molar-refractivity contribution >= 4 is 12.0 Å². The van der Waals surface area contributed by atoms with Gasteiger partial charge < -0.3 is 9.84 Å². The van der Waals surface area contributed by atoms with Gasteiger partial charge in [0.15, 0.2) is 0 Å². The maximum absolute atomic E-state index is 11.6. The second-order valence-corrected chi connectivity index (χ2v) is 11.0. The third-order valence-corrected chi connectivity index (χ3v) is 8.69. The van der Waals surface area contributed by atoms with Gasteiger partial charge in [-0.1, -0.05) is 99.5 Å². The molecule has 3 nitrogen and oxygen atoms in total. The van der Waals surface area contributed by atoms with Crippen LogP contribution in [0.25, 0.3) is 17.2 Å². The van der Waals surface area contributed by atoms with Gasteiger partial charge in [0, 0.05) is 5.41 Å². The number of benzene rings is 3. The molecular weight excluding hydrogens is 468 g/mol. The minimum Gasteiger partial charge on any atom is -0.469 e. The molecule has 0 aromatic heterocycles. The molecule has 0 saturated heterocycles. The molecule has 1 aliphatic carbocycles. The van der Waals surface area contributed by atoms with Crippen LogP contribution in [0, 0.1) is 13.8 Å². The number of carbonyl (C=O) groups excluding carboxylic acids is 1. The lowest BCUT2D eigenvalue weighted by molar-refractivity contribution is -0.139. The molecule has 3 aromatic carbocycles. The number of rotatable bonds is 9. The molecule has 0 heterocycles. The summed E-state index contributed by atoms with van der Waals surface area (Å²) in [7, 11) is 1.42. The molecule has 0 unspecified atom stereocenters. The van der Waals surface area contributed by atoms with E-state index in [4.69, 9.17) is 4.74 Å². The Morgan fingerprint density at radius 1 is 0.921 bits per heavy atom. The Morgan fingerprint density at radius 2 is 1.53 bits per heavy atom. The molecule has 200 valence electrons. The van der Waals surface area contributed by atoms with Crippen LogP contribution in [0.4, 0.5) is 0 Å². The number of aryl methyl sites for hydroxylation is 2. The lowest BCUT2D eigenvalue weighted by Gasteiger charge is -2.34. The normalized spacial score (nSPS) is 15.2. The van der Waals surface area contributed by atoms with Crippen molar-refractivity contribution in [3.8, 4) is 11.1 Å². The lowest BCUT2D eigenvalue weighted by Crippen LogP contribution is -2.26. The molecule has 4 rings (SSSR count). The summed E-state index contributed by atoms with van der Waals surface area (Å²) in [6.45, 7) is 8.93. The number of hydrogen-bond donors (Lipinski definition) is 1. The average Bonchev–Trinajstić information content (AvgIpc) is 3.36. The van der Waals surface area contributed by atoms with Crippen molar-refractivity contribution in [3.63, 3.8) is 0 Å². The Hall–Kier alpha value is -3.17. The Bertz CT molecular complexity index is 1290. The van der Waals surface area contributed by atoms with Gasteiger partial charge in [0.2, 0.25) is 0 Å². The zero-order valence-corrected chi connectivity index (χ0v) is 23.6. The Kier molecular flexibility index (Phi) is 8.57. The van der Waals surface area contributed by atoms with Crippen molar-refractivity contribution in [2.24, 2.45) is 0 Å². The number of ether oxygens (including phenoxy) is 1. The molecule has 38 heavy (non-hydrogen) atoms. The monoisotopic (exact) mass is 510 g/mol. The fraction of sp³-hybridized carbons (Fsp3) is 0.400. The Balaban J connectivity index is 1.62. The molecule has 1 fully saturated rings. The van der Waals surface area contributed by atoms with Gasteiger partial charge in [-0.25, -0.2) is 0 Å².